The zero-order chi connectivity index (χ0) is 10.2. The molecular formula is C11H20O3. The van der Waals surface area contributed by atoms with Crippen molar-refractivity contribution in [3.05, 3.63) is 0 Å². The van der Waals surface area contributed by atoms with Crippen molar-refractivity contribution < 1.29 is 14.3 Å². The number of rotatable bonds is 6. The van der Waals surface area contributed by atoms with Crippen LogP contribution < -0.4 is 0 Å². The Morgan fingerprint density at radius 3 is 2.57 bits per heavy atom. The maximum absolute atomic E-state index is 11.0. The van der Waals surface area contributed by atoms with Crippen molar-refractivity contribution in [3.63, 3.8) is 0 Å². The number of carbonyl (C=O) groups is 1. The molecule has 0 aromatic carbocycles. The molecule has 0 N–H and O–H groups in total. The summed E-state index contributed by atoms with van der Waals surface area (Å²) in [7, 11) is 1.53. The van der Waals surface area contributed by atoms with Crippen molar-refractivity contribution in [2.75, 3.05) is 26.9 Å². The summed E-state index contributed by atoms with van der Waals surface area (Å²) in [5.74, 6) is 0.711. The van der Waals surface area contributed by atoms with Crippen LogP contribution in [0.1, 0.15) is 32.1 Å². The van der Waals surface area contributed by atoms with E-state index in [9.17, 15) is 4.79 Å². The predicted molar refractivity (Wildman–Crippen MR) is 54.3 cm³/mol. The molecule has 0 atom stereocenters. The van der Waals surface area contributed by atoms with E-state index in [1.165, 1.54) is 39.2 Å². The van der Waals surface area contributed by atoms with Gasteiger partial charge in [0.1, 0.15) is 13.2 Å². The van der Waals surface area contributed by atoms with Gasteiger partial charge in [0, 0.05) is 13.7 Å². The minimum Gasteiger partial charge on any atom is -0.377 e. The summed E-state index contributed by atoms with van der Waals surface area (Å²) in [6, 6.07) is 0. The molecule has 1 saturated carbocycles. The quantitative estimate of drug-likeness (QED) is 0.656. The van der Waals surface area contributed by atoms with Gasteiger partial charge in [0.15, 0.2) is 5.78 Å². The van der Waals surface area contributed by atoms with Gasteiger partial charge < -0.3 is 9.47 Å². The number of methoxy groups -OCH3 is 1. The number of hydrogen-bond donors (Lipinski definition) is 0. The van der Waals surface area contributed by atoms with E-state index in [1.807, 2.05) is 0 Å². The molecule has 0 spiro atoms. The standard InChI is InChI=1S/C11H20O3/c1-13-8-11(12)9-14-7-10-5-3-2-4-6-10/h10H,2-9H2,1H3. The largest absolute Gasteiger partial charge is 0.377 e. The van der Waals surface area contributed by atoms with E-state index in [4.69, 9.17) is 9.47 Å². The summed E-state index contributed by atoms with van der Waals surface area (Å²) in [5.41, 5.74) is 0. The monoisotopic (exact) mass is 200 g/mol. The lowest BCUT2D eigenvalue weighted by Gasteiger charge is -2.20. The summed E-state index contributed by atoms with van der Waals surface area (Å²) in [4.78, 5) is 11.0. The Labute approximate surface area is 85.8 Å². The molecule has 0 heterocycles. The van der Waals surface area contributed by atoms with Gasteiger partial charge in [-0.25, -0.2) is 0 Å². The Balaban J connectivity index is 1.99. The van der Waals surface area contributed by atoms with Crippen LogP contribution in [-0.4, -0.2) is 32.7 Å². The van der Waals surface area contributed by atoms with Gasteiger partial charge in [0.2, 0.25) is 0 Å². The topological polar surface area (TPSA) is 35.5 Å². The average Bonchev–Trinajstić information content (AvgIpc) is 2.20. The summed E-state index contributed by atoms with van der Waals surface area (Å²) in [6.45, 7) is 1.13. The first-order valence-electron chi connectivity index (χ1n) is 5.41. The smallest absolute Gasteiger partial charge is 0.183 e. The zero-order valence-corrected chi connectivity index (χ0v) is 8.96. The van der Waals surface area contributed by atoms with Crippen LogP contribution in [0, 0.1) is 5.92 Å². The predicted octanol–water partition coefficient (Wildman–Crippen LogP) is 1.80. The van der Waals surface area contributed by atoms with E-state index in [-0.39, 0.29) is 19.0 Å². The Kier molecular flexibility index (Phi) is 5.80. The second-order valence-electron chi connectivity index (χ2n) is 3.99. The molecule has 0 aromatic heterocycles. The third-order valence-electron chi connectivity index (χ3n) is 2.65. The van der Waals surface area contributed by atoms with Crippen molar-refractivity contribution in [1.82, 2.24) is 0 Å². The first-order chi connectivity index (χ1) is 6.83. The second-order valence-corrected chi connectivity index (χ2v) is 3.99. The summed E-state index contributed by atoms with van der Waals surface area (Å²) in [5, 5.41) is 0. The Hall–Kier alpha value is -0.410. The Morgan fingerprint density at radius 2 is 1.93 bits per heavy atom. The molecule has 0 aliphatic heterocycles. The SMILES string of the molecule is COCC(=O)COCC1CCCCC1. The highest BCUT2D eigenvalue weighted by atomic mass is 16.5. The van der Waals surface area contributed by atoms with Crippen molar-refractivity contribution in [1.29, 1.82) is 0 Å². The lowest BCUT2D eigenvalue weighted by Crippen LogP contribution is -2.19. The molecule has 1 fully saturated rings. The number of ketones is 1. The highest BCUT2D eigenvalue weighted by molar-refractivity contribution is 5.80. The van der Waals surface area contributed by atoms with Crippen molar-refractivity contribution >= 4 is 5.78 Å². The molecule has 1 rings (SSSR count). The van der Waals surface area contributed by atoms with Gasteiger partial charge >= 0.3 is 0 Å². The van der Waals surface area contributed by atoms with Gasteiger partial charge in [-0.15, -0.1) is 0 Å². The molecule has 1 aliphatic rings. The number of ether oxygens (including phenoxy) is 2. The normalized spacial score (nSPS) is 18.4. The lowest BCUT2D eigenvalue weighted by molar-refractivity contribution is -0.127. The minimum absolute atomic E-state index is 0.0308. The Morgan fingerprint density at radius 1 is 1.21 bits per heavy atom. The summed E-state index contributed by atoms with van der Waals surface area (Å²) >= 11 is 0. The maximum atomic E-state index is 11.0. The third kappa shape index (κ3) is 4.72. The average molecular weight is 200 g/mol. The van der Waals surface area contributed by atoms with Crippen LogP contribution >= 0.6 is 0 Å². The molecule has 0 radical (unpaired) electrons. The van der Waals surface area contributed by atoms with Crippen LogP contribution in [0.15, 0.2) is 0 Å². The van der Waals surface area contributed by atoms with E-state index >= 15 is 0 Å². The molecule has 3 nitrogen and oxygen atoms in total. The van der Waals surface area contributed by atoms with Crippen LogP contribution in [0.3, 0.4) is 0 Å². The van der Waals surface area contributed by atoms with Gasteiger partial charge in [-0.2, -0.15) is 0 Å². The maximum Gasteiger partial charge on any atom is 0.183 e. The number of Topliss-reactive ketones (excluding diaryl/α,β-unsaturated/α-hetero) is 1. The van der Waals surface area contributed by atoms with Crippen LogP contribution in [-0.2, 0) is 14.3 Å². The first-order valence-corrected chi connectivity index (χ1v) is 5.41. The number of carbonyl (C=O) groups excluding carboxylic acids is 1. The van der Waals surface area contributed by atoms with Crippen molar-refractivity contribution in [2.24, 2.45) is 5.92 Å². The van der Waals surface area contributed by atoms with Gasteiger partial charge in [-0.05, 0) is 18.8 Å². The first kappa shape index (κ1) is 11.7. The van der Waals surface area contributed by atoms with Gasteiger partial charge in [0.05, 0.1) is 0 Å². The fourth-order valence-corrected chi connectivity index (χ4v) is 1.90. The fourth-order valence-electron chi connectivity index (χ4n) is 1.90. The minimum atomic E-state index is 0.0308. The highest BCUT2D eigenvalue weighted by Crippen LogP contribution is 2.23. The van der Waals surface area contributed by atoms with E-state index in [2.05, 4.69) is 0 Å². The molecule has 0 unspecified atom stereocenters. The van der Waals surface area contributed by atoms with Crippen LogP contribution in [0.5, 0.6) is 0 Å². The summed E-state index contributed by atoms with van der Waals surface area (Å²) < 4.78 is 10.1. The molecule has 14 heavy (non-hydrogen) atoms. The lowest BCUT2D eigenvalue weighted by atomic mass is 9.90. The Bertz CT molecular complexity index is 162. The molecule has 0 bridgehead atoms. The van der Waals surface area contributed by atoms with Gasteiger partial charge in [0.25, 0.3) is 0 Å². The van der Waals surface area contributed by atoms with Gasteiger partial charge in [-0.3, -0.25) is 4.79 Å². The van der Waals surface area contributed by atoms with Crippen molar-refractivity contribution in [3.8, 4) is 0 Å². The van der Waals surface area contributed by atoms with Crippen molar-refractivity contribution in [2.45, 2.75) is 32.1 Å². The van der Waals surface area contributed by atoms with E-state index < -0.39 is 0 Å². The van der Waals surface area contributed by atoms with E-state index in [1.54, 1.807) is 0 Å². The van der Waals surface area contributed by atoms with Crippen LogP contribution in [0.2, 0.25) is 0 Å². The van der Waals surface area contributed by atoms with Gasteiger partial charge in [-0.1, -0.05) is 19.3 Å². The summed E-state index contributed by atoms with van der Waals surface area (Å²) in [6.07, 6.45) is 6.52. The molecule has 3 heteroatoms. The zero-order valence-electron chi connectivity index (χ0n) is 8.96. The molecule has 0 aromatic rings. The molecule has 0 saturated heterocycles. The van der Waals surface area contributed by atoms with Crippen LogP contribution in [0.25, 0.3) is 0 Å². The highest BCUT2D eigenvalue weighted by Gasteiger charge is 2.13. The third-order valence-corrected chi connectivity index (χ3v) is 2.65. The molecule has 1 aliphatic carbocycles. The van der Waals surface area contributed by atoms with E-state index in [0.29, 0.717) is 5.92 Å². The molecule has 0 amide bonds. The molecule has 82 valence electrons. The molecular weight excluding hydrogens is 180 g/mol. The fraction of sp³-hybridized carbons (Fsp3) is 0.909. The van der Waals surface area contributed by atoms with E-state index in [0.717, 1.165) is 6.61 Å². The van der Waals surface area contributed by atoms with Crippen LogP contribution in [0.4, 0.5) is 0 Å². The second kappa shape index (κ2) is 6.96. The number of hydrogen-bond acceptors (Lipinski definition) is 3.